The number of aliphatic hydroxyl groups is 1. The Bertz CT molecular complexity index is 502. The number of hydrogen-bond donors (Lipinski definition) is 1. The molecule has 1 aliphatic rings. The Hall–Kier alpha value is -0.910. The van der Waals surface area contributed by atoms with Gasteiger partial charge in [0.15, 0.2) is 0 Å². The summed E-state index contributed by atoms with van der Waals surface area (Å²) < 4.78 is 26.7. The van der Waals surface area contributed by atoms with Crippen LogP contribution in [0.25, 0.3) is 0 Å². The average Bonchev–Trinajstić information content (AvgIpc) is 2.75. The average molecular weight is 297 g/mol. The van der Waals surface area contributed by atoms with Crippen molar-refractivity contribution in [3.63, 3.8) is 0 Å². The minimum Gasteiger partial charge on any atom is -0.396 e. The molecule has 1 heterocycles. The lowest BCUT2D eigenvalue weighted by Crippen LogP contribution is -2.31. The molecule has 0 unspecified atom stereocenters. The van der Waals surface area contributed by atoms with Crippen LogP contribution in [0.5, 0.6) is 0 Å². The zero-order chi connectivity index (χ0) is 14.4. The summed E-state index contributed by atoms with van der Waals surface area (Å²) >= 11 is 0. The third-order valence-electron chi connectivity index (χ3n) is 3.75. The smallest absolute Gasteiger partial charge is 0.243 e. The minimum atomic E-state index is -3.34. The summed E-state index contributed by atoms with van der Waals surface area (Å²) in [6.07, 6.45) is 5.62. The van der Waals surface area contributed by atoms with Gasteiger partial charge < -0.3 is 5.11 Å². The van der Waals surface area contributed by atoms with Crippen LogP contribution in [0.1, 0.15) is 37.7 Å². The molecular formula is C15H23NO3S. The summed E-state index contributed by atoms with van der Waals surface area (Å²) in [6.45, 7) is 1.43. The molecule has 0 spiro atoms. The van der Waals surface area contributed by atoms with E-state index in [1.807, 2.05) is 12.1 Å². The molecule has 112 valence electrons. The van der Waals surface area contributed by atoms with E-state index in [9.17, 15) is 8.42 Å². The largest absolute Gasteiger partial charge is 0.396 e. The normalized spacial score (nSPS) is 17.9. The number of aryl methyl sites for hydroxylation is 1. The number of nitrogens with zero attached hydrogens (tertiary/aromatic N) is 1. The fourth-order valence-electron chi connectivity index (χ4n) is 2.54. The van der Waals surface area contributed by atoms with E-state index in [1.165, 1.54) is 0 Å². The molecule has 1 aliphatic heterocycles. The van der Waals surface area contributed by atoms with Crippen LogP contribution >= 0.6 is 0 Å². The Morgan fingerprint density at radius 3 is 2.15 bits per heavy atom. The quantitative estimate of drug-likeness (QED) is 0.906. The first-order chi connectivity index (χ1) is 9.64. The predicted octanol–water partition coefficient (Wildman–Crippen LogP) is 2.18. The van der Waals surface area contributed by atoms with Gasteiger partial charge in [0.1, 0.15) is 0 Å². The Labute approximate surface area is 121 Å². The lowest BCUT2D eigenvalue weighted by atomic mass is 10.1. The van der Waals surface area contributed by atoms with Gasteiger partial charge in [0, 0.05) is 19.7 Å². The highest BCUT2D eigenvalue weighted by atomic mass is 32.2. The van der Waals surface area contributed by atoms with Gasteiger partial charge in [-0.05, 0) is 43.4 Å². The van der Waals surface area contributed by atoms with E-state index >= 15 is 0 Å². The third kappa shape index (κ3) is 3.81. The van der Waals surface area contributed by atoms with Gasteiger partial charge in [-0.2, -0.15) is 4.31 Å². The van der Waals surface area contributed by atoms with Crippen LogP contribution < -0.4 is 0 Å². The Balaban J connectivity index is 2.12. The van der Waals surface area contributed by atoms with Crippen molar-refractivity contribution in [2.24, 2.45) is 0 Å². The van der Waals surface area contributed by atoms with Gasteiger partial charge in [0.2, 0.25) is 10.0 Å². The second kappa shape index (κ2) is 7.20. The van der Waals surface area contributed by atoms with Crippen molar-refractivity contribution in [2.45, 2.75) is 43.4 Å². The number of sulfonamides is 1. The Kier molecular flexibility index (Phi) is 5.57. The summed E-state index contributed by atoms with van der Waals surface area (Å²) in [5.41, 5.74) is 1.06. The first-order valence-corrected chi connectivity index (χ1v) is 8.78. The summed E-state index contributed by atoms with van der Waals surface area (Å²) in [7, 11) is -3.34. The van der Waals surface area contributed by atoms with Gasteiger partial charge >= 0.3 is 0 Å². The minimum absolute atomic E-state index is 0.161. The SMILES string of the molecule is O=S(=O)(c1ccc(CCCO)cc1)N1CCCCCC1. The molecule has 4 nitrogen and oxygen atoms in total. The molecule has 1 saturated heterocycles. The molecule has 0 amide bonds. The highest BCUT2D eigenvalue weighted by molar-refractivity contribution is 7.89. The van der Waals surface area contributed by atoms with Crippen molar-refractivity contribution >= 4 is 10.0 Å². The van der Waals surface area contributed by atoms with Gasteiger partial charge in [-0.1, -0.05) is 25.0 Å². The molecule has 0 atom stereocenters. The molecule has 0 aromatic heterocycles. The topological polar surface area (TPSA) is 57.6 Å². The van der Waals surface area contributed by atoms with Crippen molar-refractivity contribution in [2.75, 3.05) is 19.7 Å². The molecular weight excluding hydrogens is 274 g/mol. The van der Waals surface area contributed by atoms with Gasteiger partial charge in [0.25, 0.3) is 0 Å². The van der Waals surface area contributed by atoms with Crippen LogP contribution in [-0.2, 0) is 16.4 Å². The molecule has 5 heteroatoms. The lowest BCUT2D eigenvalue weighted by molar-refractivity contribution is 0.288. The Morgan fingerprint density at radius 1 is 1.00 bits per heavy atom. The van der Waals surface area contributed by atoms with E-state index in [0.717, 1.165) is 37.7 Å². The zero-order valence-corrected chi connectivity index (χ0v) is 12.6. The molecule has 1 fully saturated rings. The number of rotatable bonds is 5. The summed E-state index contributed by atoms with van der Waals surface area (Å²) in [4.78, 5) is 0.382. The molecule has 20 heavy (non-hydrogen) atoms. The number of benzene rings is 1. The van der Waals surface area contributed by atoms with E-state index in [0.29, 0.717) is 24.4 Å². The molecule has 2 rings (SSSR count). The van der Waals surface area contributed by atoms with Gasteiger partial charge in [-0.3, -0.25) is 0 Å². The van der Waals surface area contributed by atoms with Crippen LogP contribution in [0, 0.1) is 0 Å². The van der Waals surface area contributed by atoms with Crippen molar-refractivity contribution in [1.82, 2.24) is 4.31 Å². The summed E-state index contributed by atoms with van der Waals surface area (Å²) in [5.74, 6) is 0. The van der Waals surface area contributed by atoms with Gasteiger partial charge in [-0.15, -0.1) is 0 Å². The number of hydrogen-bond acceptors (Lipinski definition) is 3. The molecule has 1 aromatic rings. The van der Waals surface area contributed by atoms with Crippen molar-refractivity contribution in [3.8, 4) is 0 Å². The second-order valence-electron chi connectivity index (χ2n) is 5.29. The van der Waals surface area contributed by atoms with Crippen molar-refractivity contribution < 1.29 is 13.5 Å². The predicted molar refractivity (Wildman–Crippen MR) is 79.1 cm³/mol. The summed E-state index contributed by atoms with van der Waals surface area (Å²) in [6, 6.07) is 7.07. The van der Waals surface area contributed by atoms with E-state index in [4.69, 9.17) is 5.11 Å². The molecule has 0 saturated carbocycles. The lowest BCUT2D eigenvalue weighted by Gasteiger charge is -2.20. The van der Waals surface area contributed by atoms with Crippen LogP contribution in [-0.4, -0.2) is 37.5 Å². The van der Waals surface area contributed by atoms with Crippen molar-refractivity contribution in [1.29, 1.82) is 0 Å². The summed E-state index contributed by atoms with van der Waals surface area (Å²) in [5, 5.41) is 8.81. The molecule has 0 radical (unpaired) electrons. The third-order valence-corrected chi connectivity index (χ3v) is 5.66. The van der Waals surface area contributed by atoms with Crippen LogP contribution in [0.4, 0.5) is 0 Å². The maximum Gasteiger partial charge on any atom is 0.243 e. The molecule has 1 aromatic carbocycles. The first-order valence-electron chi connectivity index (χ1n) is 7.34. The fourth-order valence-corrected chi connectivity index (χ4v) is 4.06. The van der Waals surface area contributed by atoms with Crippen LogP contribution in [0.15, 0.2) is 29.2 Å². The van der Waals surface area contributed by atoms with Gasteiger partial charge in [-0.25, -0.2) is 8.42 Å². The van der Waals surface area contributed by atoms with Crippen LogP contribution in [0.2, 0.25) is 0 Å². The molecule has 0 bridgehead atoms. The maximum absolute atomic E-state index is 12.6. The van der Waals surface area contributed by atoms with Crippen molar-refractivity contribution in [3.05, 3.63) is 29.8 Å². The van der Waals surface area contributed by atoms with E-state index in [1.54, 1.807) is 16.4 Å². The first kappa shape index (κ1) is 15.5. The zero-order valence-electron chi connectivity index (χ0n) is 11.8. The van der Waals surface area contributed by atoms with E-state index < -0.39 is 10.0 Å². The second-order valence-corrected chi connectivity index (χ2v) is 7.23. The monoisotopic (exact) mass is 297 g/mol. The Morgan fingerprint density at radius 2 is 1.60 bits per heavy atom. The fraction of sp³-hybridized carbons (Fsp3) is 0.600. The standard InChI is InChI=1S/C15H23NO3S/c17-13-5-6-14-7-9-15(10-8-14)20(18,19)16-11-3-1-2-4-12-16/h7-10,17H,1-6,11-13H2. The maximum atomic E-state index is 12.6. The highest BCUT2D eigenvalue weighted by Gasteiger charge is 2.24. The van der Waals surface area contributed by atoms with E-state index in [2.05, 4.69) is 0 Å². The number of aliphatic hydroxyl groups excluding tert-OH is 1. The molecule has 1 N–H and O–H groups in total. The molecule has 0 aliphatic carbocycles. The highest BCUT2D eigenvalue weighted by Crippen LogP contribution is 2.20. The van der Waals surface area contributed by atoms with E-state index in [-0.39, 0.29) is 6.61 Å². The van der Waals surface area contributed by atoms with Gasteiger partial charge in [0.05, 0.1) is 4.90 Å². The van der Waals surface area contributed by atoms with Crippen LogP contribution in [0.3, 0.4) is 0 Å².